The number of β-lactam (4-membered cyclic amide) rings is 1. The van der Waals surface area contributed by atoms with Crippen molar-refractivity contribution in [2.45, 2.75) is 23.0 Å². The van der Waals surface area contributed by atoms with Crippen molar-refractivity contribution in [1.82, 2.24) is 24.5 Å². The number of rotatable bonds is 5. The predicted molar refractivity (Wildman–Crippen MR) is 93.2 cm³/mol. The van der Waals surface area contributed by atoms with E-state index in [1.54, 1.807) is 12.3 Å². The highest BCUT2D eigenvalue weighted by Gasteiger charge is 2.51. The number of hydrogen-bond acceptors (Lipinski definition) is 9. The van der Waals surface area contributed by atoms with Crippen LogP contribution >= 0.6 is 23.5 Å². The molecule has 1 saturated heterocycles. The van der Waals surface area contributed by atoms with Gasteiger partial charge in [-0.2, -0.15) is 9.50 Å². The van der Waals surface area contributed by atoms with Crippen LogP contribution in [0.1, 0.15) is 5.82 Å². The van der Waals surface area contributed by atoms with Crippen molar-refractivity contribution in [1.29, 1.82) is 0 Å². The molecule has 2 aromatic rings. The van der Waals surface area contributed by atoms with Gasteiger partial charge in [-0.25, -0.2) is 9.78 Å². The lowest BCUT2D eigenvalue weighted by molar-refractivity contribution is -0.147. The molecule has 1 amide bonds. The Morgan fingerprint density at radius 2 is 2.31 bits per heavy atom. The van der Waals surface area contributed by atoms with Crippen LogP contribution in [-0.4, -0.2) is 69.5 Å². The third kappa shape index (κ3) is 2.65. The Bertz CT molecular complexity index is 945. The van der Waals surface area contributed by atoms with E-state index in [-0.39, 0.29) is 29.4 Å². The largest absolute Gasteiger partial charge is 0.477 e. The summed E-state index contributed by atoms with van der Waals surface area (Å²) in [6, 6.07) is 1.09. The number of amides is 1. The number of aliphatic hydroxyl groups excluding tert-OH is 1. The number of aliphatic hydroxyl groups is 1. The highest BCUT2D eigenvalue weighted by atomic mass is 32.2. The molecule has 0 spiro atoms. The second kappa shape index (κ2) is 6.54. The van der Waals surface area contributed by atoms with Gasteiger partial charge in [0.2, 0.25) is 5.91 Å². The minimum atomic E-state index is -1.13. The van der Waals surface area contributed by atoms with E-state index in [2.05, 4.69) is 15.1 Å². The zero-order chi connectivity index (χ0) is 18.4. The molecule has 4 rings (SSSR count). The summed E-state index contributed by atoms with van der Waals surface area (Å²) in [6.45, 7) is -0.295. The number of carbonyl (C=O) groups excluding carboxylic acids is 1. The van der Waals surface area contributed by atoms with Crippen LogP contribution in [0.4, 0.5) is 0 Å². The lowest BCUT2D eigenvalue weighted by Gasteiger charge is -2.48. The van der Waals surface area contributed by atoms with E-state index >= 15 is 0 Å². The Balaban J connectivity index is 1.62. The van der Waals surface area contributed by atoms with Gasteiger partial charge in [0.15, 0.2) is 5.82 Å². The maximum absolute atomic E-state index is 12.0. The lowest BCUT2D eigenvalue weighted by Crippen LogP contribution is -2.68. The van der Waals surface area contributed by atoms with Gasteiger partial charge in [0.05, 0.1) is 0 Å². The monoisotopic (exact) mass is 394 g/mol. The molecule has 2 atom stereocenters. The lowest BCUT2D eigenvalue weighted by atomic mass is 10.0. The van der Waals surface area contributed by atoms with E-state index in [9.17, 15) is 14.7 Å². The number of thioether (sulfide) groups is 2. The van der Waals surface area contributed by atoms with Crippen LogP contribution in [0, 0.1) is 0 Å². The van der Waals surface area contributed by atoms with Crippen LogP contribution < -0.4 is 5.73 Å². The molecule has 1 fully saturated rings. The Labute approximate surface area is 155 Å². The smallest absolute Gasteiger partial charge is 0.352 e. The van der Waals surface area contributed by atoms with Gasteiger partial charge < -0.3 is 15.9 Å². The van der Waals surface area contributed by atoms with E-state index in [1.165, 1.54) is 32.9 Å². The first-order valence-corrected chi connectivity index (χ1v) is 9.64. The van der Waals surface area contributed by atoms with Crippen molar-refractivity contribution in [3.05, 3.63) is 29.4 Å². The second-order valence-corrected chi connectivity index (χ2v) is 7.76. The first-order chi connectivity index (χ1) is 12.5. The average molecular weight is 394 g/mol. The van der Waals surface area contributed by atoms with Crippen molar-refractivity contribution in [3.8, 4) is 0 Å². The molecule has 1 unspecified atom stereocenters. The third-order valence-electron chi connectivity index (χ3n) is 4.08. The van der Waals surface area contributed by atoms with E-state index < -0.39 is 12.0 Å². The second-order valence-electron chi connectivity index (χ2n) is 5.66. The molecule has 2 aliphatic heterocycles. The predicted octanol–water partition coefficient (Wildman–Crippen LogP) is -0.710. The fourth-order valence-corrected chi connectivity index (χ4v) is 5.23. The van der Waals surface area contributed by atoms with Crippen LogP contribution in [0.25, 0.3) is 5.78 Å². The quantitative estimate of drug-likeness (QED) is 0.337. The number of hydrogen-bond donors (Lipinski definition) is 3. The van der Waals surface area contributed by atoms with Crippen molar-refractivity contribution < 1.29 is 19.8 Å². The molecule has 2 aromatic heterocycles. The molecule has 136 valence electrons. The molecular weight excluding hydrogens is 380 g/mol. The number of nitrogens with zero attached hydrogens (tertiary/aromatic N) is 5. The molecular formula is C14H14N6O4S2. The summed E-state index contributed by atoms with van der Waals surface area (Å²) in [5.41, 5.74) is 6.42. The van der Waals surface area contributed by atoms with Crippen LogP contribution in [0.3, 0.4) is 0 Å². The summed E-state index contributed by atoms with van der Waals surface area (Å²) < 4.78 is 1.50. The third-order valence-corrected chi connectivity index (χ3v) is 6.53. The van der Waals surface area contributed by atoms with Crippen LogP contribution in [-0.2, 0) is 16.2 Å². The van der Waals surface area contributed by atoms with Gasteiger partial charge in [-0.1, -0.05) is 0 Å². The van der Waals surface area contributed by atoms with Crippen molar-refractivity contribution in [3.63, 3.8) is 0 Å². The Morgan fingerprint density at radius 1 is 1.50 bits per heavy atom. The van der Waals surface area contributed by atoms with E-state index in [0.717, 1.165) is 0 Å². The maximum atomic E-state index is 12.0. The fraction of sp³-hybridized carbons (Fsp3) is 0.357. The van der Waals surface area contributed by atoms with Gasteiger partial charge in [-0.05, 0) is 11.6 Å². The van der Waals surface area contributed by atoms with Gasteiger partial charge in [-0.3, -0.25) is 9.69 Å². The number of aromatic nitrogens is 4. The average Bonchev–Trinajstić information content (AvgIpc) is 3.08. The first-order valence-electron chi connectivity index (χ1n) is 7.61. The molecule has 4 heterocycles. The topological polar surface area (TPSA) is 147 Å². The zero-order valence-electron chi connectivity index (χ0n) is 13.3. The molecule has 0 saturated carbocycles. The van der Waals surface area contributed by atoms with E-state index in [4.69, 9.17) is 10.8 Å². The SMILES string of the molecule is NC1C(=O)N2C(C(=O)O)=C(CSc3ccnc4nc(CO)nn34)CS[C@@H]12. The minimum absolute atomic E-state index is 0.0212. The van der Waals surface area contributed by atoms with Gasteiger partial charge in [0.25, 0.3) is 5.78 Å². The van der Waals surface area contributed by atoms with Crippen LogP contribution in [0.2, 0.25) is 0 Å². The molecule has 4 N–H and O–H groups in total. The highest BCUT2D eigenvalue weighted by molar-refractivity contribution is 8.01. The van der Waals surface area contributed by atoms with Gasteiger partial charge >= 0.3 is 5.97 Å². The fourth-order valence-electron chi connectivity index (χ4n) is 2.84. The molecule has 0 radical (unpaired) electrons. The Hall–Kier alpha value is -2.15. The highest BCUT2D eigenvalue weighted by Crippen LogP contribution is 2.40. The molecule has 0 bridgehead atoms. The number of fused-ring (bicyclic) bond motifs is 2. The summed E-state index contributed by atoms with van der Waals surface area (Å²) in [7, 11) is 0. The summed E-state index contributed by atoms with van der Waals surface area (Å²) >= 11 is 2.83. The number of carbonyl (C=O) groups is 2. The molecule has 0 aromatic carbocycles. The summed E-state index contributed by atoms with van der Waals surface area (Å²) in [5.74, 6) is -0.0230. The van der Waals surface area contributed by atoms with Crippen molar-refractivity contribution in [2.24, 2.45) is 5.73 Å². The molecule has 0 aliphatic carbocycles. The number of carboxylic acid groups (broad SMARTS) is 1. The van der Waals surface area contributed by atoms with Gasteiger partial charge in [0.1, 0.15) is 28.7 Å². The molecule has 10 nitrogen and oxygen atoms in total. The number of nitrogens with two attached hydrogens (primary N) is 1. The Morgan fingerprint density at radius 3 is 3.04 bits per heavy atom. The van der Waals surface area contributed by atoms with Gasteiger partial charge in [0, 0.05) is 17.7 Å². The maximum Gasteiger partial charge on any atom is 0.352 e. The standard InChI is InChI=1S/C14H14N6O4S2/c15-9-11(22)19-10(13(23)24)6(5-26-12(9)19)4-25-8-1-2-16-14-17-7(3-21)18-20(8)14/h1-2,9,12,21H,3-5,15H2,(H,23,24)/t9?,12-/m0/s1. The van der Waals surface area contributed by atoms with Crippen molar-refractivity contribution in [2.75, 3.05) is 11.5 Å². The van der Waals surface area contributed by atoms with E-state index in [0.29, 0.717) is 27.9 Å². The summed E-state index contributed by atoms with van der Waals surface area (Å²) in [5, 5.41) is 23.3. The first kappa shape index (κ1) is 17.3. The number of carboxylic acids is 1. The molecule has 26 heavy (non-hydrogen) atoms. The zero-order valence-corrected chi connectivity index (χ0v) is 14.9. The van der Waals surface area contributed by atoms with Crippen molar-refractivity contribution >= 4 is 41.2 Å². The van der Waals surface area contributed by atoms with Crippen LogP contribution in [0.5, 0.6) is 0 Å². The summed E-state index contributed by atoms with van der Waals surface area (Å²) in [4.78, 5) is 33.1. The minimum Gasteiger partial charge on any atom is -0.477 e. The Kier molecular flexibility index (Phi) is 4.34. The normalized spacial score (nSPS) is 22.5. The summed E-state index contributed by atoms with van der Waals surface area (Å²) in [6.07, 6.45) is 1.57. The van der Waals surface area contributed by atoms with Crippen LogP contribution in [0.15, 0.2) is 28.6 Å². The van der Waals surface area contributed by atoms with E-state index in [1.807, 2.05) is 0 Å². The molecule has 2 aliphatic rings. The molecule has 12 heteroatoms. The number of aliphatic carboxylic acids is 1. The van der Waals surface area contributed by atoms with Gasteiger partial charge in [-0.15, -0.1) is 28.6 Å².